The maximum Gasteiger partial charge on any atom is 0.150 e. The molecule has 2 aromatic rings. The van der Waals surface area contributed by atoms with Crippen molar-refractivity contribution in [3.8, 4) is 17.0 Å². The first-order valence-electron chi connectivity index (χ1n) is 9.73. The number of para-hydroxylation sites is 1. The Morgan fingerprint density at radius 3 is 2.73 bits per heavy atom. The molecule has 1 aromatic heterocycles. The van der Waals surface area contributed by atoms with Gasteiger partial charge in [0.15, 0.2) is 6.10 Å². The van der Waals surface area contributed by atoms with E-state index in [-0.39, 0.29) is 12.2 Å². The van der Waals surface area contributed by atoms with Gasteiger partial charge in [0.25, 0.3) is 0 Å². The van der Waals surface area contributed by atoms with Crippen LogP contribution >= 0.6 is 0 Å². The van der Waals surface area contributed by atoms with Crippen LogP contribution in [0.4, 0.5) is 0 Å². The molecule has 1 saturated carbocycles. The summed E-state index contributed by atoms with van der Waals surface area (Å²) >= 11 is 0. The van der Waals surface area contributed by atoms with Crippen LogP contribution in [0.3, 0.4) is 0 Å². The summed E-state index contributed by atoms with van der Waals surface area (Å²) in [6.07, 6.45) is 8.50. The molecule has 0 bridgehead atoms. The SMILES string of the molecule is COC1COC[C@@H]1Oc1ccccc1-c1ccnn1CC1CCCCC1. The Kier molecular flexibility index (Phi) is 5.56. The van der Waals surface area contributed by atoms with Gasteiger partial charge in [0.05, 0.1) is 18.9 Å². The van der Waals surface area contributed by atoms with Crippen LogP contribution in [0.15, 0.2) is 36.5 Å². The normalized spacial score (nSPS) is 24.0. The Labute approximate surface area is 155 Å². The fraction of sp³-hybridized carbons (Fsp3) is 0.571. The second kappa shape index (κ2) is 8.23. The third-order valence-electron chi connectivity index (χ3n) is 5.60. The van der Waals surface area contributed by atoms with Crippen molar-refractivity contribution in [2.24, 2.45) is 5.92 Å². The Balaban J connectivity index is 1.56. The van der Waals surface area contributed by atoms with E-state index in [0.717, 1.165) is 29.5 Å². The zero-order valence-corrected chi connectivity index (χ0v) is 15.5. The van der Waals surface area contributed by atoms with Gasteiger partial charge in [-0.25, -0.2) is 0 Å². The van der Waals surface area contributed by atoms with E-state index in [9.17, 15) is 0 Å². The molecule has 26 heavy (non-hydrogen) atoms. The molecule has 2 atom stereocenters. The molecule has 2 fully saturated rings. The standard InChI is InChI=1S/C21H28N2O3/c1-24-20-14-25-15-21(20)26-19-10-6-5-9-17(19)18-11-12-22-23(18)13-16-7-3-2-4-8-16/h5-6,9-12,16,20-21H,2-4,7-8,13-15H2,1H3/t20?,21-/m0/s1. The molecule has 0 amide bonds. The van der Waals surface area contributed by atoms with Crippen LogP contribution in [0.1, 0.15) is 32.1 Å². The zero-order chi connectivity index (χ0) is 17.8. The van der Waals surface area contributed by atoms with Gasteiger partial charge in [-0.05, 0) is 37.0 Å². The highest BCUT2D eigenvalue weighted by Gasteiger charge is 2.30. The van der Waals surface area contributed by atoms with Crippen molar-refractivity contribution in [1.29, 1.82) is 0 Å². The summed E-state index contributed by atoms with van der Waals surface area (Å²) in [6.45, 7) is 2.14. The summed E-state index contributed by atoms with van der Waals surface area (Å²) in [5.74, 6) is 1.60. The lowest BCUT2D eigenvalue weighted by molar-refractivity contribution is 0.0328. The molecular formula is C21H28N2O3. The first-order chi connectivity index (χ1) is 12.8. The minimum Gasteiger partial charge on any atom is -0.484 e. The van der Waals surface area contributed by atoms with Crippen molar-refractivity contribution in [2.75, 3.05) is 20.3 Å². The van der Waals surface area contributed by atoms with Gasteiger partial charge in [-0.15, -0.1) is 0 Å². The van der Waals surface area contributed by atoms with Crippen molar-refractivity contribution < 1.29 is 14.2 Å². The molecule has 0 N–H and O–H groups in total. The first kappa shape index (κ1) is 17.6. The topological polar surface area (TPSA) is 45.5 Å². The highest BCUT2D eigenvalue weighted by Crippen LogP contribution is 2.33. The number of hydrogen-bond acceptors (Lipinski definition) is 4. The lowest BCUT2D eigenvalue weighted by atomic mass is 9.89. The summed E-state index contributed by atoms with van der Waals surface area (Å²) in [4.78, 5) is 0. The largest absolute Gasteiger partial charge is 0.484 e. The highest BCUT2D eigenvalue weighted by molar-refractivity contribution is 5.67. The maximum absolute atomic E-state index is 6.29. The molecule has 1 aliphatic carbocycles. The molecule has 140 valence electrons. The van der Waals surface area contributed by atoms with Crippen LogP contribution in [0.25, 0.3) is 11.3 Å². The summed E-state index contributed by atoms with van der Waals surface area (Å²) in [5, 5.41) is 4.60. The third kappa shape index (κ3) is 3.79. The Morgan fingerprint density at radius 1 is 1.08 bits per heavy atom. The van der Waals surface area contributed by atoms with E-state index in [1.54, 1.807) is 7.11 Å². The molecule has 5 heteroatoms. The lowest BCUT2D eigenvalue weighted by Crippen LogP contribution is -2.31. The second-order valence-corrected chi connectivity index (χ2v) is 7.37. The molecule has 2 aliphatic rings. The monoisotopic (exact) mass is 356 g/mol. The lowest BCUT2D eigenvalue weighted by Gasteiger charge is -2.23. The smallest absolute Gasteiger partial charge is 0.150 e. The number of nitrogens with zero attached hydrogens (tertiary/aromatic N) is 2. The van der Waals surface area contributed by atoms with Gasteiger partial charge in [0.1, 0.15) is 11.9 Å². The first-order valence-corrected chi connectivity index (χ1v) is 9.73. The number of methoxy groups -OCH3 is 1. The fourth-order valence-corrected chi connectivity index (χ4v) is 4.11. The minimum absolute atomic E-state index is 0.0183. The number of rotatable bonds is 6. The van der Waals surface area contributed by atoms with Crippen LogP contribution in [-0.2, 0) is 16.0 Å². The summed E-state index contributed by atoms with van der Waals surface area (Å²) in [5.41, 5.74) is 2.21. The predicted molar refractivity (Wildman–Crippen MR) is 100 cm³/mol. The van der Waals surface area contributed by atoms with E-state index in [1.165, 1.54) is 32.1 Å². The van der Waals surface area contributed by atoms with E-state index in [0.29, 0.717) is 13.2 Å². The molecule has 0 spiro atoms. The molecule has 1 unspecified atom stereocenters. The fourth-order valence-electron chi connectivity index (χ4n) is 4.11. The van der Waals surface area contributed by atoms with Crippen LogP contribution < -0.4 is 4.74 Å². The minimum atomic E-state index is -0.0733. The van der Waals surface area contributed by atoms with Gasteiger partial charge in [-0.3, -0.25) is 4.68 Å². The molecule has 1 aromatic carbocycles. The molecule has 1 aliphatic heterocycles. The van der Waals surface area contributed by atoms with Gasteiger partial charge in [0.2, 0.25) is 0 Å². The van der Waals surface area contributed by atoms with Gasteiger partial charge in [0, 0.05) is 25.4 Å². The average Bonchev–Trinajstić information content (AvgIpc) is 3.32. The molecule has 4 rings (SSSR count). The molecular weight excluding hydrogens is 328 g/mol. The Morgan fingerprint density at radius 2 is 1.88 bits per heavy atom. The summed E-state index contributed by atoms with van der Waals surface area (Å²) in [6, 6.07) is 10.3. The quantitative estimate of drug-likeness (QED) is 0.787. The molecule has 2 heterocycles. The highest BCUT2D eigenvalue weighted by atomic mass is 16.6. The zero-order valence-electron chi connectivity index (χ0n) is 15.5. The van der Waals surface area contributed by atoms with Crippen molar-refractivity contribution >= 4 is 0 Å². The van der Waals surface area contributed by atoms with E-state index in [4.69, 9.17) is 14.2 Å². The predicted octanol–water partition coefficient (Wildman–Crippen LogP) is 3.92. The van der Waals surface area contributed by atoms with E-state index < -0.39 is 0 Å². The maximum atomic E-state index is 6.29. The van der Waals surface area contributed by atoms with Gasteiger partial charge in [-0.1, -0.05) is 31.4 Å². The summed E-state index contributed by atoms with van der Waals surface area (Å²) < 4.78 is 19.4. The number of hydrogen-bond donors (Lipinski definition) is 0. The van der Waals surface area contributed by atoms with Gasteiger partial charge < -0.3 is 14.2 Å². The third-order valence-corrected chi connectivity index (χ3v) is 5.60. The van der Waals surface area contributed by atoms with E-state index in [2.05, 4.69) is 28.0 Å². The van der Waals surface area contributed by atoms with Crippen LogP contribution in [0.5, 0.6) is 5.75 Å². The summed E-state index contributed by atoms with van der Waals surface area (Å²) in [7, 11) is 1.71. The average molecular weight is 356 g/mol. The molecule has 5 nitrogen and oxygen atoms in total. The Bertz CT molecular complexity index is 709. The van der Waals surface area contributed by atoms with Crippen molar-refractivity contribution in [1.82, 2.24) is 9.78 Å². The Hall–Kier alpha value is -1.85. The molecule has 0 radical (unpaired) electrons. The van der Waals surface area contributed by atoms with Crippen LogP contribution in [0.2, 0.25) is 0 Å². The second-order valence-electron chi connectivity index (χ2n) is 7.37. The van der Waals surface area contributed by atoms with Crippen molar-refractivity contribution in [3.05, 3.63) is 36.5 Å². The van der Waals surface area contributed by atoms with Crippen LogP contribution in [0, 0.1) is 5.92 Å². The number of aromatic nitrogens is 2. The molecule has 1 saturated heterocycles. The van der Waals surface area contributed by atoms with E-state index in [1.807, 2.05) is 18.3 Å². The number of benzene rings is 1. The van der Waals surface area contributed by atoms with Crippen molar-refractivity contribution in [3.63, 3.8) is 0 Å². The van der Waals surface area contributed by atoms with Gasteiger partial charge >= 0.3 is 0 Å². The van der Waals surface area contributed by atoms with Crippen LogP contribution in [-0.4, -0.2) is 42.3 Å². The number of ether oxygens (including phenoxy) is 3. The van der Waals surface area contributed by atoms with Crippen molar-refractivity contribution in [2.45, 2.75) is 50.9 Å². The van der Waals surface area contributed by atoms with Gasteiger partial charge in [-0.2, -0.15) is 5.10 Å². The van der Waals surface area contributed by atoms with E-state index >= 15 is 0 Å².